The van der Waals surface area contributed by atoms with E-state index in [4.69, 9.17) is 0 Å². The first-order valence-electron chi connectivity index (χ1n) is 8.36. The number of thiophene rings is 1. The molecule has 2 N–H and O–H groups in total. The molecular weight excluding hydrogens is 336 g/mol. The maximum atomic E-state index is 12.3. The monoisotopic (exact) mass is 358 g/mol. The van der Waals surface area contributed by atoms with Crippen molar-refractivity contribution >= 4 is 28.2 Å². The number of hydrogen-bond donors (Lipinski definition) is 2. The topological polar surface area (TPSA) is 69.6 Å². The lowest BCUT2D eigenvalue weighted by Crippen LogP contribution is -2.26. The van der Waals surface area contributed by atoms with Crippen LogP contribution in [0.15, 0.2) is 24.3 Å². The molecule has 132 valence electrons. The van der Waals surface area contributed by atoms with Crippen LogP contribution in [0.5, 0.6) is 0 Å². The second-order valence-electron chi connectivity index (χ2n) is 6.53. The van der Waals surface area contributed by atoms with Crippen LogP contribution in [-0.4, -0.2) is 35.5 Å². The van der Waals surface area contributed by atoms with Gasteiger partial charge in [-0.25, -0.2) is 4.79 Å². The highest BCUT2D eigenvalue weighted by Gasteiger charge is 2.27. The van der Waals surface area contributed by atoms with Crippen LogP contribution in [0.1, 0.15) is 38.3 Å². The Balaban J connectivity index is 1.70. The minimum absolute atomic E-state index is 0.143. The summed E-state index contributed by atoms with van der Waals surface area (Å²) in [6.45, 7) is 3.60. The standard InChI is InChI=1S/C19H22N2O3S/c1-12-3-5-13(6-4-12)7-8-16(22)20-18-17(19(23)24)14-9-10-21(2)11-15(14)25-18/h3-6H,7-11H2,1-2H3,(H,20,22)(H,23,24). The molecule has 0 saturated heterocycles. The minimum atomic E-state index is -0.962. The smallest absolute Gasteiger partial charge is 0.339 e. The molecular formula is C19H22N2O3S. The van der Waals surface area contributed by atoms with Crippen molar-refractivity contribution in [3.05, 3.63) is 51.4 Å². The maximum Gasteiger partial charge on any atom is 0.339 e. The van der Waals surface area contributed by atoms with Gasteiger partial charge in [-0.3, -0.25) is 4.79 Å². The van der Waals surface area contributed by atoms with Crippen molar-refractivity contribution in [2.24, 2.45) is 0 Å². The molecule has 1 amide bonds. The van der Waals surface area contributed by atoms with Crippen LogP contribution in [0.4, 0.5) is 5.00 Å². The number of hydrogen-bond acceptors (Lipinski definition) is 4. The first-order chi connectivity index (χ1) is 11.9. The van der Waals surface area contributed by atoms with Crippen molar-refractivity contribution in [2.75, 3.05) is 18.9 Å². The molecule has 25 heavy (non-hydrogen) atoms. The maximum absolute atomic E-state index is 12.3. The molecule has 0 aliphatic carbocycles. The Morgan fingerprint density at radius 3 is 2.68 bits per heavy atom. The molecule has 6 heteroatoms. The third-order valence-corrected chi connectivity index (χ3v) is 5.61. The lowest BCUT2D eigenvalue weighted by molar-refractivity contribution is -0.116. The number of nitrogens with zero attached hydrogens (tertiary/aromatic N) is 1. The second-order valence-corrected chi connectivity index (χ2v) is 7.64. The van der Waals surface area contributed by atoms with Gasteiger partial charge in [-0.1, -0.05) is 29.8 Å². The number of carbonyl (C=O) groups excluding carboxylic acids is 1. The molecule has 1 aromatic carbocycles. The molecule has 2 aromatic rings. The van der Waals surface area contributed by atoms with Gasteiger partial charge in [0.25, 0.3) is 0 Å². The predicted octanol–water partition coefficient (Wildman–Crippen LogP) is 3.31. The largest absolute Gasteiger partial charge is 0.478 e. The fourth-order valence-corrected chi connectivity index (χ4v) is 4.38. The van der Waals surface area contributed by atoms with E-state index in [2.05, 4.69) is 10.2 Å². The van der Waals surface area contributed by atoms with Crippen molar-refractivity contribution < 1.29 is 14.7 Å². The molecule has 5 nitrogen and oxygen atoms in total. The van der Waals surface area contributed by atoms with E-state index in [1.807, 2.05) is 38.2 Å². The molecule has 1 aliphatic rings. The highest BCUT2D eigenvalue weighted by atomic mass is 32.1. The number of likely N-dealkylation sites (N-methyl/N-ethyl adjacent to an activating group) is 1. The Bertz CT molecular complexity index is 796. The SMILES string of the molecule is Cc1ccc(CCC(=O)Nc2sc3c(c2C(=O)O)CCN(C)C3)cc1. The van der Waals surface area contributed by atoms with Crippen molar-refractivity contribution in [3.8, 4) is 0 Å². The molecule has 0 fully saturated rings. The third-order valence-electron chi connectivity index (χ3n) is 4.48. The summed E-state index contributed by atoms with van der Waals surface area (Å²) >= 11 is 1.39. The number of rotatable bonds is 5. The van der Waals surface area contributed by atoms with Crippen LogP contribution in [0.2, 0.25) is 0 Å². The predicted molar refractivity (Wildman–Crippen MR) is 99.4 cm³/mol. The second kappa shape index (κ2) is 7.37. The van der Waals surface area contributed by atoms with E-state index in [-0.39, 0.29) is 11.5 Å². The van der Waals surface area contributed by atoms with Crippen molar-refractivity contribution in [2.45, 2.75) is 32.7 Å². The lowest BCUT2D eigenvalue weighted by Gasteiger charge is -2.22. The van der Waals surface area contributed by atoms with Gasteiger partial charge in [-0.2, -0.15) is 0 Å². The molecule has 3 rings (SSSR count). The van der Waals surface area contributed by atoms with E-state index < -0.39 is 5.97 Å². The van der Waals surface area contributed by atoms with E-state index in [0.29, 0.717) is 24.3 Å². The van der Waals surface area contributed by atoms with E-state index in [1.165, 1.54) is 16.9 Å². The van der Waals surface area contributed by atoms with Crippen LogP contribution in [-0.2, 0) is 24.2 Å². The number of anilines is 1. The Kier molecular flexibility index (Phi) is 5.20. The fraction of sp³-hybridized carbons (Fsp3) is 0.368. The van der Waals surface area contributed by atoms with Crippen LogP contribution in [0.3, 0.4) is 0 Å². The summed E-state index contributed by atoms with van der Waals surface area (Å²) in [5, 5.41) is 12.9. The summed E-state index contributed by atoms with van der Waals surface area (Å²) in [6, 6.07) is 8.09. The first kappa shape index (κ1) is 17.6. The lowest BCUT2D eigenvalue weighted by atomic mass is 10.0. The summed E-state index contributed by atoms with van der Waals surface area (Å²) < 4.78 is 0. The van der Waals surface area contributed by atoms with E-state index >= 15 is 0 Å². The quantitative estimate of drug-likeness (QED) is 0.860. The van der Waals surface area contributed by atoms with Gasteiger partial charge in [0.2, 0.25) is 5.91 Å². The first-order valence-corrected chi connectivity index (χ1v) is 9.17. The number of nitrogens with one attached hydrogen (secondary N) is 1. The zero-order valence-electron chi connectivity index (χ0n) is 14.5. The Labute approximate surface area is 151 Å². The number of aryl methyl sites for hydroxylation is 2. The van der Waals surface area contributed by atoms with Crippen LogP contribution in [0, 0.1) is 6.92 Å². The molecule has 2 heterocycles. The summed E-state index contributed by atoms with van der Waals surface area (Å²) in [4.78, 5) is 27.2. The summed E-state index contributed by atoms with van der Waals surface area (Å²) in [5.41, 5.74) is 3.45. The van der Waals surface area contributed by atoms with Crippen LogP contribution in [0.25, 0.3) is 0 Å². The van der Waals surface area contributed by atoms with Gasteiger partial charge in [0.1, 0.15) is 5.00 Å². The van der Waals surface area contributed by atoms with Crippen LogP contribution >= 0.6 is 11.3 Å². The van der Waals surface area contributed by atoms with Crippen LogP contribution < -0.4 is 5.32 Å². The third kappa shape index (κ3) is 4.08. The van der Waals surface area contributed by atoms with Gasteiger partial charge in [0.15, 0.2) is 0 Å². The van der Waals surface area contributed by atoms with Gasteiger partial charge in [0.05, 0.1) is 5.56 Å². The van der Waals surface area contributed by atoms with E-state index in [9.17, 15) is 14.7 Å². The van der Waals surface area contributed by atoms with Gasteiger partial charge in [0, 0.05) is 24.4 Å². The average molecular weight is 358 g/mol. The molecule has 0 saturated carbocycles. The highest BCUT2D eigenvalue weighted by Crippen LogP contribution is 2.36. The highest BCUT2D eigenvalue weighted by molar-refractivity contribution is 7.17. The normalized spacial score (nSPS) is 14.2. The number of carboxylic acids is 1. The summed E-state index contributed by atoms with van der Waals surface area (Å²) in [5.74, 6) is -1.11. The molecule has 0 atom stereocenters. The molecule has 0 bridgehead atoms. The number of carboxylic acid groups (broad SMARTS) is 1. The number of fused-ring (bicyclic) bond motifs is 1. The van der Waals surface area contributed by atoms with Gasteiger partial charge >= 0.3 is 5.97 Å². The Morgan fingerprint density at radius 2 is 2.00 bits per heavy atom. The van der Waals surface area contributed by atoms with Crippen molar-refractivity contribution in [1.29, 1.82) is 0 Å². The van der Waals surface area contributed by atoms with Crippen molar-refractivity contribution in [3.63, 3.8) is 0 Å². The number of carbonyl (C=O) groups is 2. The van der Waals surface area contributed by atoms with E-state index in [0.717, 1.165) is 29.1 Å². The number of amides is 1. The average Bonchev–Trinajstić information content (AvgIpc) is 2.91. The van der Waals surface area contributed by atoms with Gasteiger partial charge in [-0.05, 0) is 37.9 Å². The molecule has 1 aromatic heterocycles. The molecule has 0 radical (unpaired) electrons. The Hall–Kier alpha value is -2.18. The molecule has 0 spiro atoms. The zero-order chi connectivity index (χ0) is 18.0. The number of aromatic carboxylic acids is 1. The van der Waals surface area contributed by atoms with Gasteiger partial charge in [-0.15, -0.1) is 11.3 Å². The van der Waals surface area contributed by atoms with Crippen molar-refractivity contribution in [1.82, 2.24) is 4.90 Å². The number of benzene rings is 1. The molecule has 0 unspecified atom stereocenters. The van der Waals surface area contributed by atoms with Gasteiger partial charge < -0.3 is 15.3 Å². The van der Waals surface area contributed by atoms with E-state index in [1.54, 1.807) is 0 Å². The zero-order valence-corrected chi connectivity index (χ0v) is 15.3. The Morgan fingerprint density at radius 1 is 1.28 bits per heavy atom. The summed E-state index contributed by atoms with van der Waals surface area (Å²) in [6.07, 6.45) is 1.69. The fourth-order valence-electron chi connectivity index (χ4n) is 3.05. The molecule has 1 aliphatic heterocycles. The summed E-state index contributed by atoms with van der Waals surface area (Å²) in [7, 11) is 2.02. The minimum Gasteiger partial charge on any atom is -0.478 e.